The van der Waals surface area contributed by atoms with E-state index in [2.05, 4.69) is 0 Å². The zero-order valence-corrected chi connectivity index (χ0v) is 6.51. The van der Waals surface area contributed by atoms with Crippen molar-refractivity contribution >= 4 is 5.78 Å². The first-order valence-electron chi connectivity index (χ1n) is 4.21. The van der Waals surface area contributed by atoms with E-state index in [-0.39, 0.29) is 0 Å². The lowest BCUT2D eigenvalue weighted by Crippen LogP contribution is -2.22. The molecule has 0 saturated carbocycles. The van der Waals surface area contributed by atoms with Gasteiger partial charge in [0, 0.05) is 18.8 Å². The summed E-state index contributed by atoms with van der Waals surface area (Å²) < 4.78 is 5.44. The van der Waals surface area contributed by atoms with E-state index in [9.17, 15) is 4.79 Å². The van der Waals surface area contributed by atoms with Crippen molar-refractivity contribution in [3.63, 3.8) is 0 Å². The first-order chi connectivity index (χ1) is 5.36. The molecule has 2 aliphatic rings. The summed E-state index contributed by atoms with van der Waals surface area (Å²) in [5.74, 6) is 1.87. The van der Waals surface area contributed by atoms with Crippen molar-refractivity contribution in [2.24, 2.45) is 5.92 Å². The second-order valence-corrected chi connectivity index (χ2v) is 3.24. The highest BCUT2D eigenvalue weighted by molar-refractivity contribution is 5.81. The maximum absolute atomic E-state index is 11.0. The van der Waals surface area contributed by atoms with Gasteiger partial charge in [0.15, 0.2) is 0 Å². The number of Topliss-reactive ketones (excluding diaryl/α,β-unsaturated/α-hetero) is 1. The van der Waals surface area contributed by atoms with Crippen molar-refractivity contribution in [3.05, 3.63) is 11.8 Å². The molecule has 0 aromatic carbocycles. The molecule has 2 heteroatoms. The monoisotopic (exact) mass is 152 g/mol. The van der Waals surface area contributed by atoms with Crippen LogP contribution in [0.15, 0.2) is 11.8 Å². The van der Waals surface area contributed by atoms with Crippen LogP contribution in [0.5, 0.6) is 0 Å². The minimum atomic E-state index is 0.365. The van der Waals surface area contributed by atoms with Crippen LogP contribution in [-0.4, -0.2) is 12.4 Å². The largest absolute Gasteiger partial charge is 0.498 e. The summed E-state index contributed by atoms with van der Waals surface area (Å²) >= 11 is 0. The van der Waals surface area contributed by atoms with Crippen LogP contribution in [0.25, 0.3) is 0 Å². The average molecular weight is 152 g/mol. The van der Waals surface area contributed by atoms with E-state index < -0.39 is 0 Å². The lowest BCUT2D eigenvalue weighted by Gasteiger charge is -2.28. The maximum atomic E-state index is 11.0. The quantitative estimate of drug-likeness (QED) is 0.527. The number of hydrogen-bond donors (Lipinski definition) is 0. The van der Waals surface area contributed by atoms with Crippen LogP contribution >= 0.6 is 0 Å². The highest BCUT2D eigenvalue weighted by Gasteiger charge is 2.25. The predicted octanol–water partition coefficient (Wildman–Crippen LogP) is 1.66. The molecule has 11 heavy (non-hydrogen) atoms. The molecule has 0 bridgehead atoms. The maximum Gasteiger partial charge on any atom is 0.137 e. The summed E-state index contributed by atoms with van der Waals surface area (Å²) in [4.78, 5) is 11.0. The summed E-state index contributed by atoms with van der Waals surface area (Å²) in [7, 11) is 0. The minimum absolute atomic E-state index is 0.365. The first kappa shape index (κ1) is 6.89. The number of carbonyl (C=O) groups is 1. The fourth-order valence-electron chi connectivity index (χ4n) is 1.78. The third-order valence-corrected chi connectivity index (χ3v) is 2.37. The number of rotatable bonds is 0. The number of allylic oxidation sites excluding steroid dienone is 2. The number of fused-ring (bicyclic) bond motifs is 1. The Labute approximate surface area is 66.2 Å². The molecule has 0 aromatic heterocycles. The third-order valence-electron chi connectivity index (χ3n) is 2.37. The van der Waals surface area contributed by atoms with E-state index in [0.717, 1.165) is 25.2 Å². The van der Waals surface area contributed by atoms with Crippen LogP contribution < -0.4 is 0 Å². The molecule has 2 rings (SSSR count). The smallest absolute Gasteiger partial charge is 0.137 e. The number of carbonyl (C=O) groups excluding carboxylic acids is 1. The van der Waals surface area contributed by atoms with Crippen molar-refractivity contribution in [1.82, 2.24) is 0 Å². The van der Waals surface area contributed by atoms with Crippen LogP contribution in [0, 0.1) is 5.92 Å². The van der Waals surface area contributed by atoms with E-state index in [1.165, 1.54) is 0 Å². The summed E-state index contributed by atoms with van der Waals surface area (Å²) in [6, 6.07) is 0. The van der Waals surface area contributed by atoms with Crippen molar-refractivity contribution in [1.29, 1.82) is 0 Å². The Hall–Kier alpha value is -0.790. The van der Waals surface area contributed by atoms with Crippen LogP contribution in [0.3, 0.4) is 0 Å². The Bertz CT molecular complexity index is 206. The highest BCUT2D eigenvalue weighted by Crippen LogP contribution is 2.31. The molecular formula is C9H12O2. The molecular weight excluding hydrogens is 140 g/mol. The molecule has 1 aliphatic heterocycles. The van der Waals surface area contributed by atoms with E-state index in [4.69, 9.17) is 4.74 Å². The van der Waals surface area contributed by atoms with E-state index in [1.807, 2.05) is 6.08 Å². The Morgan fingerprint density at radius 3 is 3.36 bits per heavy atom. The van der Waals surface area contributed by atoms with Gasteiger partial charge in [-0.05, 0) is 18.9 Å². The highest BCUT2D eigenvalue weighted by atomic mass is 16.5. The van der Waals surface area contributed by atoms with Gasteiger partial charge >= 0.3 is 0 Å². The predicted molar refractivity (Wildman–Crippen MR) is 41.0 cm³/mol. The van der Waals surface area contributed by atoms with E-state index >= 15 is 0 Å². The minimum Gasteiger partial charge on any atom is -0.498 e. The van der Waals surface area contributed by atoms with Crippen LogP contribution in [0.4, 0.5) is 0 Å². The third kappa shape index (κ3) is 1.30. The van der Waals surface area contributed by atoms with Crippen LogP contribution in [0.1, 0.15) is 25.7 Å². The zero-order valence-electron chi connectivity index (χ0n) is 6.51. The van der Waals surface area contributed by atoms with Gasteiger partial charge in [-0.2, -0.15) is 0 Å². The molecule has 0 N–H and O–H groups in total. The summed E-state index contributed by atoms with van der Waals surface area (Å²) in [5.41, 5.74) is 0. The van der Waals surface area contributed by atoms with E-state index in [0.29, 0.717) is 24.5 Å². The molecule has 0 spiro atoms. The van der Waals surface area contributed by atoms with Crippen molar-refractivity contribution < 1.29 is 9.53 Å². The first-order valence-corrected chi connectivity index (χ1v) is 4.21. The van der Waals surface area contributed by atoms with Crippen LogP contribution in [-0.2, 0) is 9.53 Å². The standard InChI is InChI=1S/C9H12O2/c10-8-3-4-9-7(6-8)2-1-5-11-9/h4,7H,1-3,5-6H2. The second kappa shape index (κ2) is 2.68. The second-order valence-electron chi connectivity index (χ2n) is 3.24. The molecule has 1 saturated heterocycles. The fourth-order valence-corrected chi connectivity index (χ4v) is 1.78. The molecule has 1 heterocycles. The van der Waals surface area contributed by atoms with E-state index in [1.54, 1.807) is 0 Å². The van der Waals surface area contributed by atoms with Gasteiger partial charge in [-0.15, -0.1) is 0 Å². The lowest BCUT2D eigenvalue weighted by molar-refractivity contribution is -0.120. The molecule has 1 unspecified atom stereocenters. The summed E-state index contributed by atoms with van der Waals surface area (Å²) in [6.07, 6.45) is 5.50. The molecule has 1 atom stereocenters. The van der Waals surface area contributed by atoms with Gasteiger partial charge < -0.3 is 4.74 Å². The lowest BCUT2D eigenvalue weighted by atomic mass is 9.88. The van der Waals surface area contributed by atoms with Gasteiger partial charge in [-0.25, -0.2) is 0 Å². The van der Waals surface area contributed by atoms with Crippen molar-refractivity contribution in [3.8, 4) is 0 Å². The fraction of sp³-hybridized carbons (Fsp3) is 0.667. The Morgan fingerprint density at radius 1 is 1.55 bits per heavy atom. The molecule has 2 nitrogen and oxygen atoms in total. The van der Waals surface area contributed by atoms with Gasteiger partial charge in [0.2, 0.25) is 0 Å². The topological polar surface area (TPSA) is 26.3 Å². The Balaban J connectivity index is 2.14. The van der Waals surface area contributed by atoms with Crippen LogP contribution in [0.2, 0.25) is 0 Å². The average Bonchev–Trinajstić information content (AvgIpc) is 2.04. The van der Waals surface area contributed by atoms with Gasteiger partial charge in [-0.1, -0.05) is 0 Å². The SMILES string of the molecule is O=C1CC=C2OCCCC2C1. The van der Waals surface area contributed by atoms with Crippen molar-refractivity contribution in [2.45, 2.75) is 25.7 Å². The van der Waals surface area contributed by atoms with Gasteiger partial charge in [0.1, 0.15) is 5.78 Å². The molecule has 60 valence electrons. The van der Waals surface area contributed by atoms with Gasteiger partial charge in [-0.3, -0.25) is 4.79 Å². The van der Waals surface area contributed by atoms with Gasteiger partial charge in [0.05, 0.1) is 12.4 Å². The number of ketones is 1. The Morgan fingerprint density at radius 2 is 2.45 bits per heavy atom. The molecule has 1 aliphatic carbocycles. The normalized spacial score (nSPS) is 30.4. The zero-order chi connectivity index (χ0) is 7.68. The number of hydrogen-bond acceptors (Lipinski definition) is 2. The molecule has 0 radical (unpaired) electrons. The number of ether oxygens (including phenoxy) is 1. The summed E-state index contributed by atoms with van der Waals surface area (Å²) in [5, 5.41) is 0. The molecule has 0 amide bonds. The molecule has 0 aromatic rings. The molecule has 1 fully saturated rings. The Kier molecular flexibility index (Phi) is 1.68. The summed E-state index contributed by atoms with van der Waals surface area (Å²) in [6.45, 7) is 0.844. The van der Waals surface area contributed by atoms with Gasteiger partial charge in [0.25, 0.3) is 0 Å². The van der Waals surface area contributed by atoms with Crippen molar-refractivity contribution in [2.75, 3.05) is 6.61 Å².